The van der Waals surface area contributed by atoms with Crippen LogP contribution in [-0.2, 0) is 11.3 Å². The Labute approximate surface area is 97.2 Å². The molecule has 0 bridgehead atoms. The van der Waals surface area contributed by atoms with E-state index in [0.29, 0.717) is 12.7 Å². The molecule has 1 saturated carbocycles. The Bertz CT molecular complexity index is 321. The Balaban J connectivity index is 1.85. The highest BCUT2D eigenvalue weighted by atomic mass is 16.5. The monoisotopic (exact) mass is 220 g/mol. The molecule has 0 aliphatic heterocycles. The number of nitrogens with zero attached hydrogens (tertiary/aromatic N) is 1. The lowest BCUT2D eigenvalue weighted by Crippen LogP contribution is -2.08. The summed E-state index contributed by atoms with van der Waals surface area (Å²) in [6.07, 6.45) is 7.36. The van der Waals surface area contributed by atoms with Gasteiger partial charge >= 0.3 is 0 Å². The van der Waals surface area contributed by atoms with Crippen molar-refractivity contribution in [3.05, 3.63) is 24.0 Å². The Morgan fingerprint density at radius 1 is 1.44 bits per heavy atom. The van der Waals surface area contributed by atoms with Gasteiger partial charge < -0.3 is 10.1 Å². The number of hydrogen-bond acceptors (Lipinski definition) is 3. The molecule has 0 unspecified atom stereocenters. The smallest absolute Gasteiger partial charge is 0.0892 e. The van der Waals surface area contributed by atoms with Gasteiger partial charge in [-0.05, 0) is 31.9 Å². The van der Waals surface area contributed by atoms with Crippen LogP contribution >= 0.6 is 0 Å². The molecule has 1 aromatic rings. The van der Waals surface area contributed by atoms with Crippen LogP contribution in [0.5, 0.6) is 0 Å². The highest BCUT2D eigenvalue weighted by Gasteiger charge is 2.15. The quantitative estimate of drug-likeness (QED) is 0.828. The third-order valence-electron chi connectivity index (χ3n) is 2.97. The molecule has 0 aromatic carbocycles. The average molecular weight is 220 g/mol. The van der Waals surface area contributed by atoms with Crippen molar-refractivity contribution in [3.8, 4) is 0 Å². The van der Waals surface area contributed by atoms with Gasteiger partial charge in [-0.3, -0.25) is 4.98 Å². The summed E-state index contributed by atoms with van der Waals surface area (Å²) in [6.45, 7) is 3.67. The summed E-state index contributed by atoms with van der Waals surface area (Å²) in [7, 11) is 0. The summed E-state index contributed by atoms with van der Waals surface area (Å²) < 4.78 is 5.83. The summed E-state index contributed by atoms with van der Waals surface area (Å²) in [5, 5.41) is 3.28. The molecule has 1 aromatic heterocycles. The molecule has 1 aliphatic rings. The number of aromatic nitrogens is 1. The highest BCUT2D eigenvalue weighted by molar-refractivity contribution is 5.42. The summed E-state index contributed by atoms with van der Waals surface area (Å²) in [6, 6.07) is 4.06. The number of anilines is 1. The minimum absolute atomic E-state index is 0.463. The number of ether oxygens (including phenoxy) is 1. The number of hydrogen-bond donors (Lipinski definition) is 1. The first kappa shape index (κ1) is 11.4. The first-order valence-corrected chi connectivity index (χ1v) is 6.19. The maximum atomic E-state index is 5.83. The van der Waals surface area contributed by atoms with Gasteiger partial charge in [0, 0.05) is 18.4 Å². The van der Waals surface area contributed by atoms with E-state index in [9.17, 15) is 0 Å². The first-order valence-electron chi connectivity index (χ1n) is 6.19. The molecule has 0 spiro atoms. The largest absolute Gasteiger partial charge is 0.385 e. The molecule has 0 saturated heterocycles. The molecule has 0 radical (unpaired) electrons. The van der Waals surface area contributed by atoms with E-state index < -0.39 is 0 Å². The molecule has 0 amide bonds. The van der Waals surface area contributed by atoms with Crippen LogP contribution in [-0.4, -0.2) is 17.6 Å². The van der Waals surface area contributed by atoms with Gasteiger partial charge in [0.25, 0.3) is 0 Å². The fourth-order valence-corrected chi connectivity index (χ4v) is 2.13. The fraction of sp³-hybridized carbons (Fsp3) is 0.615. The Morgan fingerprint density at radius 2 is 2.25 bits per heavy atom. The van der Waals surface area contributed by atoms with Gasteiger partial charge in [0.15, 0.2) is 0 Å². The second-order valence-corrected chi connectivity index (χ2v) is 4.28. The van der Waals surface area contributed by atoms with Crippen molar-refractivity contribution in [1.82, 2.24) is 4.98 Å². The van der Waals surface area contributed by atoms with E-state index in [4.69, 9.17) is 4.74 Å². The third-order valence-corrected chi connectivity index (χ3v) is 2.97. The highest BCUT2D eigenvalue weighted by Crippen LogP contribution is 2.22. The normalized spacial score (nSPS) is 16.6. The van der Waals surface area contributed by atoms with E-state index in [2.05, 4.69) is 23.3 Å². The molecule has 16 heavy (non-hydrogen) atoms. The van der Waals surface area contributed by atoms with E-state index in [1.165, 1.54) is 25.7 Å². The molecule has 88 valence electrons. The minimum Gasteiger partial charge on any atom is -0.385 e. The summed E-state index contributed by atoms with van der Waals surface area (Å²) in [4.78, 5) is 4.32. The second-order valence-electron chi connectivity index (χ2n) is 4.28. The zero-order valence-electron chi connectivity index (χ0n) is 9.91. The maximum Gasteiger partial charge on any atom is 0.0892 e. The zero-order chi connectivity index (χ0) is 11.2. The van der Waals surface area contributed by atoms with Crippen LogP contribution in [0.15, 0.2) is 18.3 Å². The van der Waals surface area contributed by atoms with Crippen LogP contribution in [0.2, 0.25) is 0 Å². The predicted octanol–water partition coefficient (Wildman–Crippen LogP) is 2.97. The first-order chi connectivity index (χ1) is 7.88. The van der Waals surface area contributed by atoms with Gasteiger partial charge in [0.05, 0.1) is 18.4 Å². The van der Waals surface area contributed by atoms with Crippen LogP contribution < -0.4 is 5.32 Å². The number of nitrogens with one attached hydrogen (secondary N) is 1. The second kappa shape index (κ2) is 5.85. The minimum atomic E-state index is 0.463. The van der Waals surface area contributed by atoms with Gasteiger partial charge in [0.2, 0.25) is 0 Å². The summed E-state index contributed by atoms with van der Waals surface area (Å²) in [5.41, 5.74) is 2.15. The lowest BCUT2D eigenvalue weighted by Gasteiger charge is -2.11. The van der Waals surface area contributed by atoms with Gasteiger partial charge in [-0.15, -0.1) is 0 Å². The third kappa shape index (κ3) is 3.20. The van der Waals surface area contributed by atoms with E-state index in [-0.39, 0.29) is 0 Å². The van der Waals surface area contributed by atoms with Crippen molar-refractivity contribution < 1.29 is 4.74 Å². The standard InChI is InChI=1S/C13H20N2O/c1-2-14-11-7-8-15-12(9-11)10-16-13-5-3-4-6-13/h7-9,13H,2-6,10H2,1H3,(H,14,15). The van der Waals surface area contributed by atoms with Crippen LogP contribution in [0.1, 0.15) is 38.3 Å². The molecule has 0 atom stereocenters. The van der Waals surface area contributed by atoms with Gasteiger partial charge in [-0.25, -0.2) is 0 Å². The topological polar surface area (TPSA) is 34.2 Å². The lowest BCUT2D eigenvalue weighted by molar-refractivity contribution is 0.0438. The Kier molecular flexibility index (Phi) is 4.17. The van der Waals surface area contributed by atoms with Crippen LogP contribution in [0.4, 0.5) is 5.69 Å². The molecule has 1 heterocycles. The number of pyridine rings is 1. The van der Waals surface area contributed by atoms with Crippen molar-refractivity contribution in [2.75, 3.05) is 11.9 Å². The van der Waals surface area contributed by atoms with Gasteiger partial charge in [-0.2, -0.15) is 0 Å². The maximum absolute atomic E-state index is 5.83. The lowest BCUT2D eigenvalue weighted by atomic mass is 10.3. The van der Waals surface area contributed by atoms with E-state index in [1.54, 1.807) is 0 Å². The molecule has 1 fully saturated rings. The molecule has 3 nitrogen and oxygen atoms in total. The molecular weight excluding hydrogens is 200 g/mol. The van der Waals surface area contributed by atoms with Crippen LogP contribution in [0.25, 0.3) is 0 Å². The Hall–Kier alpha value is -1.09. The molecule has 2 rings (SSSR count). The van der Waals surface area contributed by atoms with Gasteiger partial charge in [-0.1, -0.05) is 12.8 Å². The summed E-state index contributed by atoms with van der Waals surface area (Å²) in [5.74, 6) is 0. The average Bonchev–Trinajstić information content (AvgIpc) is 2.80. The van der Waals surface area contributed by atoms with Crippen molar-refractivity contribution in [2.24, 2.45) is 0 Å². The van der Waals surface area contributed by atoms with E-state index in [0.717, 1.165) is 17.9 Å². The van der Waals surface area contributed by atoms with Crippen molar-refractivity contribution in [3.63, 3.8) is 0 Å². The van der Waals surface area contributed by atoms with Gasteiger partial charge in [0.1, 0.15) is 0 Å². The predicted molar refractivity (Wildman–Crippen MR) is 65.4 cm³/mol. The summed E-state index contributed by atoms with van der Waals surface area (Å²) >= 11 is 0. The van der Waals surface area contributed by atoms with Crippen molar-refractivity contribution >= 4 is 5.69 Å². The van der Waals surface area contributed by atoms with E-state index in [1.807, 2.05) is 12.3 Å². The molecular formula is C13H20N2O. The molecule has 1 aliphatic carbocycles. The molecule has 3 heteroatoms. The molecule has 1 N–H and O–H groups in total. The van der Waals surface area contributed by atoms with E-state index >= 15 is 0 Å². The van der Waals surface area contributed by atoms with Crippen LogP contribution in [0, 0.1) is 0 Å². The van der Waals surface area contributed by atoms with Crippen molar-refractivity contribution in [2.45, 2.75) is 45.3 Å². The fourth-order valence-electron chi connectivity index (χ4n) is 2.13. The Morgan fingerprint density at radius 3 is 3.00 bits per heavy atom. The SMILES string of the molecule is CCNc1ccnc(COC2CCCC2)c1. The zero-order valence-corrected chi connectivity index (χ0v) is 9.91. The van der Waals surface area contributed by atoms with Crippen LogP contribution in [0.3, 0.4) is 0 Å². The number of rotatable bonds is 5. The van der Waals surface area contributed by atoms with Crippen molar-refractivity contribution in [1.29, 1.82) is 0 Å².